The second-order valence-corrected chi connectivity index (χ2v) is 7.32. The quantitative estimate of drug-likeness (QED) is 0.579. The predicted octanol–water partition coefficient (Wildman–Crippen LogP) is 2.81. The van der Waals surface area contributed by atoms with Crippen LogP contribution >= 0.6 is 0 Å². The first-order valence-electron chi connectivity index (χ1n) is 10.3. The van der Waals surface area contributed by atoms with Gasteiger partial charge in [-0.15, -0.1) is 0 Å². The molecule has 0 aliphatic carbocycles. The Morgan fingerprint density at radius 3 is 2.31 bits per heavy atom. The Morgan fingerprint density at radius 1 is 1.00 bits per heavy atom. The van der Waals surface area contributed by atoms with E-state index < -0.39 is 5.63 Å². The van der Waals surface area contributed by atoms with Crippen molar-refractivity contribution in [2.45, 2.75) is 27.2 Å². The molecule has 2 N–H and O–H groups in total. The number of amides is 1. The Labute approximate surface area is 171 Å². The van der Waals surface area contributed by atoms with E-state index in [1.165, 1.54) is 4.90 Å². The second-order valence-electron chi connectivity index (χ2n) is 7.32. The van der Waals surface area contributed by atoms with Gasteiger partial charge in [0.15, 0.2) is 0 Å². The summed E-state index contributed by atoms with van der Waals surface area (Å²) in [6.45, 7) is 10.0. The molecule has 0 atom stereocenters. The van der Waals surface area contributed by atoms with E-state index in [1.54, 1.807) is 12.1 Å². The molecule has 3 rings (SSSR count). The number of fused-ring (bicyclic) bond motifs is 1. The summed E-state index contributed by atoms with van der Waals surface area (Å²) in [7, 11) is 0. The molecule has 0 bridgehead atoms. The topological polar surface area (TPSA) is 63.8 Å². The van der Waals surface area contributed by atoms with Crippen LogP contribution in [0.15, 0.2) is 57.7 Å². The molecule has 0 spiro atoms. The van der Waals surface area contributed by atoms with Gasteiger partial charge >= 0.3 is 5.63 Å². The van der Waals surface area contributed by atoms with E-state index in [0.29, 0.717) is 17.5 Å². The maximum absolute atomic E-state index is 12.9. The number of benzene rings is 2. The number of hydrogen-bond donors (Lipinski definition) is 2. The van der Waals surface area contributed by atoms with Gasteiger partial charge < -0.3 is 14.6 Å². The van der Waals surface area contributed by atoms with E-state index in [1.807, 2.05) is 43.3 Å². The molecule has 1 aromatic heterocycles. The summed E-state index contributed by atoms with van der Waals surface area (Å²) in [6, 6.07) is 15.2. The molecule has 5 nitrogen and oxygen atoms in total. The highest BCUT2D eigenvalue weighted by molar-refractivity contribution is 6.07. The van der Waals surface area contributed by atoms with Crippen molar-refractivity contribution in [2.75, 3.05) is 26.2 Å². The van der Waals surface area contributed by atoms with Gasteiger partial charge in [-0.25, -0.2) is 4.79 Å². The number of hydrogen-bond acceptors (Lipinski definition) is 3. The molecule has 152 valence electrons. The van der Waals surface area contributed by atoms with Crippen molar-refractivity contribution in [1.29, 1.82) is 0 Å². The highest BCUT2D eigenvalue weighted by atomic mass is 16.4. The number of aryl methyl sites for hydroxylation is 1. The van der Waals surface area contributed by atoms with Gasteiger partial charge in [-0.05, 0) is 32.4 Å². The molecular weight excluding hydrogens is 364 g/mol. The summed E-state index contributed by atoms with van der Waals surface area (Å²) in [5.41, 5.74) is 2.15. The van der Waals surface area contributed by atoms with E-state index >= 15 is 0 Å². The minimum absolute atomic E-state index is 0.0766. The van der Waals surface area contributed by atoms with Gasteiger partial charge in [-0.3, -0.25) is 4.79 Å². The summed E-state index contributed by atoms with van der Waals surface area (Å²) in [6.07, 6.45) is 0.875. The standard InChI is InChI=1S/C24H28N2O3/c1-4-26(5-2)16-8-15-25-23(27)22-21(18-13-11-17(3)12-14-18)19-9-6-7-10-20(19)24(28)29-22/h6-7,9-14H,4-5,8,15-16H2,1-3H3,(H,25,27)/p+1. The molecule has 5 heteroatoms. The summed E-state index contributed by atoms with van der Waals surface area (Å²) < 4.78 is 5.52. The van der Waals surface area contributed by atoms with Crippen LogP contribution in [0.3, 0.4) is 0 Å². The van der Waals surface area contributed by atoms with Crippen LogP contribution in [-0.2, 0) is 0 Å². The number of nitrogens with one attached hydrogen (secondary N) is 2. The van der Waals surface area contributed by atoms with Crippen LogP contribution in [0.1, 0.15) is 36.4 Å². The minimum atomic E-state index is -0.491. The fourth-order valence-electron chi connectivity index (χ4n) is 3.59. The lowest BCUT2D eigenvalue weighted by Crippen LogP contribution is -3.11. The number of carbonyl (C=O) groups excluding carboxylic acids is 1. The molecular formula is C24H29N2O3+. The highest BCUT2D eigenvalue weighted by Gasteiger charge is 2.21. The van der Waals surface area contributed by atoms with Gasteiger partial charge in [-0.1, -0.05) is 48.0 Å². The van der Waals surface area contributed by atoms with Crippen LogP contribution in [0.25, 0.3) is 21.9 Å². The lowest BCUT2D eigenvalue weighted by atomic mass is 9.97. The van der Waals surface area contributed by atoms with Crippen molar-refractivity contribution in [3.63, 3.8) is 0 Å². The van der Waals surface area contributed by atoms with Crippen LogP contribution in [0, 0.1) is 6.92 Å². The van der Waals surface area contributed by atoms with Gasteiger partial charge in [0.25, 0.3) is 5.91 Å². The summed E-state index contributed by atoms with van der Waals surface area (Å²) >= 11 is 0. The Balaban J connectivity index is 1.94. The van der Waals surface area contributed by atoms with Crippen molar-refractivity contribution in [3.8, 4) is 11.1 Å². The number of carbonyl (C=O) groups is 1. The van der Waals surface area contributed by atoms with E-state index in [-0.39, 0.29) is 11.7 Å². The van der Waals surface area contributed by atoms with Crippen molar-refractivity contribution in [3.05, 3.63) is 70.3 Å². The minimum Gasteiger partial charge on any atom is -0.416 e. The van der Waals surface area contributed by atoms with Gasteiger partial charge in [-0.2, -0.15) is 0 Å². The number of quaternary nitrogens is 1. The van der Waals surface area contributed by atoms with Gasteiger partial charge in [0.1, 0.15) is 0 Å². The van der Waals surface area contributed by atoms with Crippen LogP contribution in [0.2, 0.25) is 0 Å². The maximum atomic E-state index is 12.9. The zero-order valence-corrected chi connectivity index (χ0v) is 17.4. The van der Waals surface area contributed by atoms with Crippen LogP contribution in [0.5, 0.6) is 0 Å². The van der Waals surface area contributed by atoms with E-state index in [2.05, 4.69) is 19.2 Å². The first-order chi connectivity index (χ1) is 14.0. The molecule has 0 radical (unpaired) electrons. The monoisotopic (exact) mass is 393 g/mol. The summed E-state index contributed by atoms with van der Waals surface area (Å²) in [5.74, 6) is -0.272. The Morgan fingerprint density at radius 2 is 1.66 bits per heavy atom. The third kappa shape index (κ3) is 4.74. The first-order valence-corrected chi connectivity index (χ1v) is 10.3. The van der Waals surface area contributed by atoms with E-state index in [4.69, 9.17) is 4.42 Å². The van der Waals surface area contributed by atoms with E-state index in [0.717, 1.165) is 42.6 Å². The fraction of sp³-hybridized carbons (Fsp3) is 0.333. The largest absolute Gasteiger partial charge is 0.416 e. The lowest BCUT2D eigenvalue weighted by Gasteiger charge is -2.15. The predicted molar refractivity (Wildman–Crippen MR) is 117 cm³/mol. The molecule has 0 aliphatic heterocycles. The summed E-state index contributed by atoms with van der Waals surface area (Å²) in [4.78, 5) is 26.9. The number of rotatable bonds is 8. The normalized spacial score (nSPS) is 11.2. The van der Waals surface area contributed by atoms with Crippen LogP contribution < -0.4 is 15.8 Å². The fourth-order valence-corrected chi connectivity index (χ4v) is 3.59. The second kappa shape index (κ2) is 9.52. The summed E-state index contributed by atoms with van der Waals surface area (Å²) in [5, 5.41) is 4.13. The average molecular weight is 394 g/mol. The van der Waals surface area contributed by atoms with Crippen molar-refractivity contribution >= 4 is 16.7 Å². The van der Waals surface area contributed by atoms with Crippen molar-refractivity contribution in [1.82, 2.24) is 5.32 Å². The highest BCUT2D eigenvalue weighted by Crippen LogP contribution is 2.30. The third-order valence-electron chi connectivity index (χ3n) is 5.38. The van der Waals surface area contributed by atoms with E-state index in [9.17, 15) is 9.59 Å². The lowest BCUT2D eigenvalue weighted by molar-refractivity contribution is -0.896. The maximum Gasteiger partial charge on any atom is 0.344 e. The van der Waals surface area contributed by atoms with Gasteiger partial charge in [0.2, 0.25) is 5.76 Å². The van der Waals surface area contributed by atoms with Crippen LogP contribution in [-0.4, -0.2) is 32.1 Å². The smallest absolute Gasteiger partial charge is 0.344 e. The zero-order chi connectivity index (χ0) is 20.8. The van der Waals surface area contributed by atoms with Crippen molar-refractivity contribution in [2.24, 2.45) is 0 Å². The molecule has 3 aromatic rings. The molecule has 1 amide bonds. The van der Waals surface area contributed by atoms with Gasteiger partial charge in [0.05, 0.1) is 25.0 Å². The third-order valence-corrected chi connectivity index (χ3v) is 5.38. The molecule has 0 fully saturated rings. The first kappa shape index (κ1) is 20.8. The zero-order valence-electron chi connectivity index (χ0n) is 17.4. The molecule has 2 aromatic carbocycles. The molecule has 0 aliphatic rings. The molecule has 0 saturated heterocycles. The Bertz CT molecular complexity index is 1030. The van der Waals surface area contributed by atoms with Gasteiger partial charge in [0, 0.05) is 23.9 Å². The Kier molecular flexibility index (Phi) is 6.83. The average Bonchev–Trinajstić information content (AvgIpc) is 2.74. The van der Waals surface area contributed by atoms with Crippen molar-refractivity contribution < 1.29 is 14.1 Å². The SMILES string of the molecule is CC[NH+](CC)CCCNC(=O)c1oc(=O)c2ccccc2c1-c1ccc(C)cc1. The molecule has 0 saturated carbocycles. The van der Waals surface area contributed by atoms with Crippen LogP contribution in [0.4, 0.5) is 0 Å². The Hall–Kier alpha value is -2.92. The molecule has 1 heterocycles. The molecule has 29 heavy (non-hydrogen) atoms. The molecule has 0 unspecified atom stereocenters.